The standard InChI is InChI=1S/C19H17N3O4S/c1-20-17(23)10-21-18(24)11-26-19(25)13-9-15(16-7-4-8-27-16)22-14-6-3-2-5-12(13)14/h2-9H,10-11H2,1H3,(H,20,23)(H,21,24). The van der Waals surface area contributed by atoms with Gasteiger partial charge in [0.15, 0.2) is 6.61 Å². The van der Waals surface area contributed by atoms with Gasteiger partial charge in [-0.25, -0.2) is 9.78 Å². The number of thiophene rings is 1. The van der Waals surface area contributed by atoms with Gasteiger partial charge in [0, 0.05) is 12.4 Å². The average Bonchev–Trinajstić information content (AvgIpc) is 3.24. The Morgan fingerprint density at radius 3 is 2.67 bits per heavy atom. The van der Waals surface area contributed by atoms with Crippen LogP contribution in [-0.4, -0.2) is 43.0 Å². The molecule has 3 aromatic rings. The van der Waals surface area contributed by atoms with Crippen LogP contribution in [0.1, 0.15) is 10.4 Å². The van der Waals surface area contributed by atoms with Crippen LogP contribution in [0.4, 0.5) is 0 Å². The van der Waals surface area contributed by atoms with Crippen molar-refractivity contribution in [3.8, 4) is 10.6 Å². The second-order valence-electron chi connectivity index (χ2n) is 5.58. The molecule has 2 heterocycles. The zero-order valence-electron chi connectivity index (χ0n) is 14.5. The zero-order valence-corrected chi connectivity index (χ0v) is 15.3. The van der Waals surface area contributed by atoms with Crippen molar-refractivity contribution in [1.82, 2.24) is 15.6 Å². The number of carbonyl (C=O) groups excluding carboxylic acids is 3. The Balaban J connectivity index is 1.79. The zero-order chi connectivity index (χ0) is 19.2. The molecule has 0 aliphatic carbocycles. The molecule has 1 aromatic carbocycles. The topological polar surface area (TPSA) is 97.4 Å². The molecular weight excluding hydrogens is 366 g/mol. The summed E-state index contributed by atoms with van der Waals surface area (Å²) < 4.78 is 5.13. The fourth-order valence-electron chi connectivity index (χ4n) is 2.42. The molecule has 2 amide bonds. The van der Waals surface area contributed by atoms with Crippen LogP contribution in [0.2, 0.25) is 0 Å². The van der Waals surface area contributed by atoms with Gasteiger partial charge in [-0.15, -0.1) is 11.3 Å². The lowest BCUT2D eigenvalue weighted by molar-refractivity contribution is -0.127. The van der Waals surface area contributed by atoms with E-state index >= 15 is 0 Å². The third-order valence-electron chi connectivity index (χ3n) is 3.77. The number of amides is 2. The van der Waals surface area contributed by atoms with Crippen LogP contribution in [0.25, 0.3) is 21.5 Å². The summed E-state index contributed by atoms with van der Waals surface area (Å²) in [6.07, 6.45) is 0. The lowest BCUT2D eigenvalue weighted by Crippen LogP contribution is -2.37. The van der Waals surface area contributed by atoms with Crippen LogP contribution < -0.4 is 10.6 Å². The monoisotopic (exact) mass is 383 g/mol. The van der Waals surface area contributed by atoms with Crippen LogP contribution in [0.3, 0.4) is 0 Å². The van der Waals surface area contributed by atoms with Gasteiger partial charge in [0.2, 0.25) is 5.91 Å². The molecule has 0 saturated heterocycles. The Labute approximate surface area is 159 Å². The highest BCUT2D eigenvalue weighted by molar-refractivity contribution is 7.13. The number of benzene rings is 1. The molecule has 2 aromatic heterocycles. The number of likely N-dealkylation sites (N-methyl/N-ethyl adjacent to an activating group) is 1. The van der Waals surface area contributed by atoms with E-state index in [0.717, 1.165) is 4.88 Å². The summed E-state index contributed by atoms with van der Waals surface area (Å²) in [5.41, 5.74) is 1.67. The molecule has 27 heavy (non-hydrogen) atoms. The molecule has 0 saturated carbocycles. The SMILES string of the molecule is CNC(=O)CNC(=O)COC(=O)c1cc(-c2cccs2)nc2ccccc12. The minimum atomic E-state index is -0.624. The van der Waals surface area contributed by atoms with Crippen LogP contribution in [0.15, 0.2) is 47.8 Å². The molecule has 138 valence electrons. The number of nitrogens with one attached hydrogen (secondary N) is 2. The van der Waals surface area contributed by atoms with E-state index in [4.69, 9.17) is 4.74 Å². The minimum absolute atomic E-state index is 0.173. The summed E-state index contributed by atoms with van der Waals surface area (Å²) in [5, 5.41) is 7.33. The van der Waals surface area contributed by atoms with Crippen LogP contribution >= 0.6 is 11.3 Å². The lowest BCUT2D eigenvalue weighted by atomic mass is 10.1. The van der Waals surface area contributed by atoms with E-state index in [0.29, 0.717) is 22.2 Å². The van der Waals surface area contributed by atoms with Crippen molar-refractivity contribution in [3.05, 3.63) is 53.4 Å². The van der Waals surface area contributed by atoms with E-state index < -0.39 is 18.5 Å². The molecule has 0 aliphatic heterocycles. The van der Waals surface area contributed by atoms with Crippen molar-refractivity contribution in [1.29, 1.82) is 0 Å². The number of pyridine rings is 1. The number of fused-ring (bicyclic) bond motifs is 1. The van der Waals surface area contributed by atoms with Gasteiger partial charge >= 0.3 is 5.97 Å². The average molecular weight is 383 g/mol. The summed E-state index contributed by atoms with van der Waals surface area (Å²) in [7, 11) is 1.47. The summed E-state index contributed by atoms with van der Waals surface area (Å²) >= 11 is 1.52. The maximum Gasteiger partial charge on any atom is 0.339 e. The summed E-state index contributed by atoms with van der Waals surface area (Å²) in [6.45, 7) is -0.644. The molecule has 8 heteroatoms. The number of ether oxygens (including phenoxy) is 1. The van der Waals surface area contributed by atoms with Gasteiger partial charge in [-0.3, -0.25) is 9.59 Å². The first-order chi connectivity index (χ1) is 13.1. The molecule has 0 unspecified atom stereocenters. The molecule has 3 rings (SSSR count). The Morgan fingerprint density at radius 2 is 1.93 bits per heavy atom. The first-order valence-electron chi connectivity index (χ1n) is 8.16. The first kappa shape index (κ1) is 18.5. The number of carbonyl (C=O) groups is 3. The van der Waals surface area contributed by atoms with E-state index in [-0.39, 0.29) is 12.5 Å². The van der Waals surface area contributed by atoms with Crippen molar-refractivity contribution >= 4 is 40.0 Å². The van der Waals surface area contributed by atoms with Gasteiger partial charge < -0.3 is 15.4 Å². The smallest absolute Gasteiger partial charge is 0.339 e. The van der Waals surface area contributed by atoms with E-state index in [1.54, 1.807) is 12.1 Å². The van der Waals surface area contributed by atoms with Gasteiger partial charge in [-0.1, -0.05) is 24.3 Å². The third kappa shape index (κ3) is 4.48. The van der Waals surface area contributed by atoms with Crippen LogP contribution in [-0.2, 0) is 14.3 Å². The molecule has 0 radical (unpaired) electrons. The van der Waals surface area contributed by atoms with Gasteiger partial charge in [0.25, 0.3) is 5.91 Å². The van der Waals surface area contributed by atoms with E-state index in [2.05, 4.69) is 15.6 Å². The van der Waals surface area contributed by atoms with Crippen molar-refractivity contribution in [2.45, 2.75) is 0 Å². The fourth-order valence-corrected chi connectivity index (χ4v) is 3.11. The molecule has 0 aliphatic rings. The quantitative estimate of drug-likeness (QED) is 0.635. The summed E-state index contributed by atoms with van der Waals surface area (Å²) in [5.74, 6) is -1.51. The molecule has 0 bridgehead atoms. The highest BCUT2D eigenvalue weighted by atomic mass is 32.1. The Bertz CT molecular complexity index is 986. The van der Waals surface area contributed by atoms with E-state index in [1.165, 1.54) is 18.4 Å². The number of esters is 1. The molecule has 0 spiro atoms. The van der Waals surface area contributed by atoms with Crippen molar-refractivity contribution in [2.75, 3.05) is 20.2 Å². The molecule has 7 nitrogen and oxygen atoms in total. The summed E-state index contributed by atoms with van der Waals surface area (Å²) in [6, 6.07) is 12.7. The number of nitrogens with zero attached hydrogens (tertiary/aromatic N) is 1. The highest BCUT2D eigenvalue weighted by Crippen LogP contribution is 2.28. The highest BCUT2D eigenvalue weighted by Gasteiger charge is 2.17. The van der Waals surface area contributed by atoms with E-state index in [9.17, 15) is 14.4 Å². The molecule has 0 atom stereocenters. The van der Waals surface area contributed by atoms with Gasteiger partial charge in [0.1, 0.15) is 0 Å². The predicted molar refractivity (Wildman–Crippen MR) is 102 cm³/mol. The second-order valence-corrected chi connectivity index (χ2v) is 6.52. The maximum atomic E-state index is 12.6. The van der Waals surface area contributed by atoms with Crippen LogP contribution in [0, 0.1) is 0 Å². The number of hydrogen-bond acceptors (Lipinski definition) is 6. The minimum Gasteiger partial charge on any atom is -0.452 e. The van der Waals surface area contributed by atoms with Crippen molar-refractivity contribution in [3.63, 3.8) is 0 Å². The number of para-hydroxylation sites is 1. The van der Waals surface area contributed by atoms with Gasteiger partial charge in [0.05, 0.1) is 28.2 Å². The van der Waals surface area contributed by atoms with E-state index in [1.807, 2.05) is 35.7 Å². The van der Waals surface area contributed by atoms with Gasteiger partial charge in [-0.2, -0.15) is 0 Å². The molecular formula is C19H17N3O4S. The normalized spacial score (nSPS) is 10.4. The third-order valence-corrected chi connectivity index (χ3v) is 4.66. The second kappa shape index (κ2) is 8.41. The molecule has 2 N–H and O–H groups in total. The Morgan fingerprint density at radius 1 is 1.11 bits per heavy atom. The van der Waals surface area contributed by atoms with Gasteiger partial charge in [-0.05, 0) is 23.6 Å². The predicted octanol–water partition coefficient (Wildman–Crippen LogP) is 1.98. The number of rotatable bonds is 6. The Hall–Kier alpha value is -3.26. The molecule has 0 fully saturated rings. The largest absolute Gasteiger partial charge is 0.452 e. The number of hydrogen-bond donors (Lipinski definition) is 2. The Kier molecular flexibility index (Phi) is 5.77. The number of aromatic nitrogens is 1. The lowest BCUT2D eigenvalue weighted by Gasteiger charge is -2.09. The first-order valence-corrected chi connectivity index (χ1v) is 9.04. The summed E-state index contributed by atoms with van der Waals surface area (Å²) in [4.78, 5) is 41.0. The maximum absolute atomic E-state index is 12.6. The van der Waals surface area contributed by atoms with Crippen molar-refractivity contribution in [2.24, 2.45) is 0 Å². The fraction of sp³-hybridized carbons (Fsp3) is 0.158. The van der Waals surface area contributed by atoms with Crippen LogP contribution in [0.5, 0.6) is 0 Å². The van der Waals surface area contributed by atoms with Crippen molar-refractivity contribution < 1.29 is 19.1 Å².